The molecule has 0 unspecified atom stereocenters. The molecule has 1 heterocycles. The largest absolute Gasteiger partial charge is 0.288 e. The van der Waals surface area contributed by atoms with Crippen molar-refractivity contribution in [1.29, 1.82) is 0 Å². The van der Waals surface area contributed by atoms with E-state index in [4.69, 9.17) is 5.14 Å². The molecule has 0 radical (unpaired) electrons. The van der Waals surface area contributed by atoms with Crippen molar-refractivity contribution in [3.63, 3.8) is 0 Å². The minimum Gasteiger partial charge on any atom is -0.258 e. The van der Waals surface area contributed by atoms with Crippen LogP contribution >= 0.6 is 11.3 Å². The van der Waals surface area contributed by atoms with Gasteiger partial charge in [-0.25, -0.2) is 22.0 Å². The van der Waals surface area contributed by atoms with Gasteiger partial charge in [0.05, 0.1) is 4.92 Å². The lowest BCUT2D eigenvalue weighted by atomic mass is 10.3. The third-order valence-corrected chi connectivity index (χ3v) is 7.27. The van der Waals surface area contributed by atoms with Crippen LogP contribution in [0.15, 0.2) is 49.7 Å². The molecule has 0 amide bonds. The smallest absolute Gasteiger partial charge is 0.258 e. The van der Waals surface area contributed by atoms with Gasteiger partial charge in [-0.15, -0.1) is 11.3 Å². The van der Waals surface area contributed by atoms with E-state index >= 15 is 0 Å². The van der Waals surface area contributed by atoms with Gasteiger partial charge in [-0.2, -0.15) is 0 Å². The van der Waals surface area contributed by atoms with Gasteiger partial charge < -0.3 is 0 Å². The second kappa shape index (κ2) is 5.18. The first-order chi connectivity index (χ1) is 9.64. The van der Waals surface area contributed by atoms with Crippen LogP contribution in [0.25, 0.3) is 0 Å². The average Bonchev–Trinajstić information content (AvgIpc) is 2.88. The fourth-order valence-electron chi connectivity index (χ4n) is 1.54. The van der Waals surface area contributed by atoms with Crippen LogP contribution in [-0.2, 0) is 19.9 Å². The summed E-state index contributed by atoms with van der Waals surface area (Å²) in [6.45, 7) is 0. The van der Waals surface area contributed by atoms with Gasteiger partial charge in [-0.3, -0.25) is 10.1 Å². The first-order valence-electron chi connectivity index (χ1n) is 5.25. The van der Waals surface area contributed by atoms with Crippen molar-refractivity contribution >= 4 is 36.9 Å². The molecule has 1 aromatic carbocycles. The zero-order valence-electron chi connectivity index (χ0n) is 10.2. The second-order valence-corrected chi connectivity index (χ2v) is 8.86. The number of sulfone groups is 1. The summed E-state index contributed by atoms with van der Waals surface area (Å²) < 4.78 is 46.4. The molecule has 2 rings (SSSR count). The third kappa shape index (κ3) is 2.95. The van der Waals surface area contributed by atoms with E-state index in [9.17, 15) is 26.9 Å². The molecule has 8 nitrogen and oxygen atoms in total. The van der Waals surface area contributed by atoms with E-state index in [0.29, 0.717) is 11.3 Å². The number of hydrogen-bond donors (Lipinski definition) is 1. The van der Waals surface area contributed by atoms with Gasteiger partial charge in [0, 0.05) is 6.07 Å². The maximum absolute atomic E-state index is 12.4. The summed E-state index contributed by atoms with van der Waals surface area (Å²) in [5.74, 6) is 0. The van der Waals surface area contributed by atoms with Gasteiger partial charge in [0.25, 0.3) is 5.69 Å². The maximum Gasteiger partial charge on any atom is 0.288 e. The molecular formula is C10H8N2O6S3. The Balaban J connectivity index is 2.64. The van der Waals surface area contributed by atoms with Crippen LogP contribution in [0.2, 0.25) is 0 Å². The number of nitro groups is 1. The lowest BCUT2D eigenvalue weighted by Crippen LogP contribution is -2.10. The molecule has 1 aromatic heterocycles. The Morgan fingerprint density at radius 3 is 2.10 bits per heavy atom. The molecule has 0 fully saturated rings. The first kappa shape index (κ1) is 15.6. The van der Waals surface area contributed by atoms with Gasteiger partial charge in [0.1, 0.15) is 13.3 Å². The number of thiophene rings is 1. The summed E-state index contributed by atoms with van der Waals surface area (Å²) in [4.78, 5) is 9.57. The molecule has 0 aliphatic heterocycles. The molecular weight excluding hydrogens is 340 g/mol. The van der Waals surface area contributed by atoms with E-state index in [2.05, 4.69) is 0 Å². The van der Waals surface area contributed by atoms with E-state index in [1.165, 1.54) is 12.1 Å². The summed E-state index contributed by atoms with van der Waals surface area (Å²) in [5.41, 5.74) is -0.581. The lowest BCUT2D eigenvalue weighted by Gasteiger charge is -2.02. The summed E-state index contributed by atoms with van der Waals surface area (Å²) in [7, 11) is -8.23. The normalized spacial score (nSPS) is 12.2. The fourth-order valence-corrected chi connectivity index (χ4v) is 5.28. The van der Waals surface area contributed by atoms with Crippen LogP contribution in [0.1, 0.15) is 0 Å². The van der Waals surface area contributed by atoms with Gasteiger partial charge >= 0.3 is 0 Å². The summed E-state index contributed by atoms with van der Waals surface area (Å²) in [6, 6.07) is 6.92. The van der Waals surface area contributed by atoms with E-state index in [1.54, 1.807) is 0 Å². The predicted octanol–water partition coefficient (Wildman–Crippen LogP) is 1.14. The highest BCUT2D eigenvalue weighted by Crippen LogP contribution is 2.33. The Morgan fingerprint density at radius 1 is 1.00 bits per heavy atom. The van der Waals surface area contributed by atoms with E-state index in [1.807, 2.05) is 0 Å². The number of benzene rings is 1. The summed E-state index contributed by atoms with van der Waals surface area (Å²) in [5, 5.41) is 15.8. The van der Waals surface area contributed by atoms with Crippen LogP contribution in [0.3, 0.4) is 0 Å². The molecule has 0 atom stereocenters. The van der Waals surface area contributed by atoms with Gasteiger partial charge in [-0.1, -0.05) is 12.1 Å². The zero-order chi connectivity index (χ0) is 15.8. The number of nitro benzene ring substituents is 1. The highest BCUT2D eigenvalue weighted by Gasteiger charge is 2.29. The van der Waals surface area contributed by atoms with Crippen LogP contribution < -0.4 is 5.14 Å². The second-order valence-electron chi connectivity index (χ2n) is 3.85. The Kier molecular flexibility index (Phi) is 3.84. The molecule has 21 heavy (non-hydrogen) atoms. The van der Waals surface area contributed by atoms with E-state index in [-0.39, 0.29) is 8.42 Å². The van der Waals surface area contributed by atoms with Gasteiger partial charge in [-0.05, 0) is 18.2 Å². The highest BCUT2D eigenvalue weighted by atomic mass is 32.3. The van der Waals surface area contributed by atoms with Crippen LogP contribution in [0.4, 0.5) is 5.69 Å². The van der Waals surface area contributed by atoms with Gasteiger partial charge in [0.2, 0.25) is 19.9 Å². The van der Waals surface area contributed by atoms with Crippen LogP contribution in [0.5, 0.6) is 0 Å². The number of primary sulfonamides is 1. The molecule has 2 N–H and O–H groups in total. The van der Waals surface area contributed by atoms with Crippen molar-refractivity contribution in [3.8, 4) is 0 Å². The Labute approximate surface area is 124 Å². The molecule has 0 saturated heterocycles. The van der Waals surface area contributed by atoms with Crippen LogP contribution in [-0.4, -0.2) is 21.8 Å². The number of nitrogens with zero attached hydrogens (tertiary/aromatic N) is 1. The Bertz CT molecular complexity index is 914. The molecule has 11 heteroatoms. The van der Waals surface area contributed by atoms with Crippen molar-refractivity contribution in [1.82, 2.24) is 0 Å². The highest BCUT2D eigenvalue weighted by molar-refractivity contribution is 7.95. The third-order valence-electron chi connectivity index (χ3n) is 2.45. The standard InChI is InChI=1S/C10H8N2O6S3/c11-21(17,18)10-6-5-9(19-10)20(15,16)8-4-2-1-3-7(8)12(13)14/h1-6H,(H2,11,17,18). The molecule has 0 aliphatic carbocycles. The number of rotatable bonds is 4. The molecule has 2 aromatic rings. The SMILES string of the molecule is NS(=O)(=O)c1ccc(S(=O)(=O)c2ccccc2[N+](=O)[O-])s1. The summed E-state index contributed by atoms with van der Waals surface area (Å²) >= 11 is 0.438. The fraction of sp³-hybridized carbons (Fsp3) is 0. The average molecular weight is 348 g/mol. The molecule has 0 bridgehead atoms. The predicted molar refractivity (Wildman–Crippen MR) is 74.2 cm³/mol. The molecule has 0 saturated carbocycles. The molecule has 0 spiro atoms. The van der Waals surface area contributed by atoms with Crippen molar-refractivity contribution < 1.29 is 21.8 Å². The Morgan fingerprint density at radius 2 is 1.57 bits per heavy atom. The number of para-hydroxylation sites is 1. The number of hydrogen-bond acceptors (Lipinski definition) is 7. The van der Waals surface area contributed by atoms with Crippen LogP contribution in [0, 0.1) is 10.1 Å². The monoisotopic (exact) mass is 348 g/mol. The lowest BCUT2D eigenvalue weighted by molar-refractivity contribution is -0.387. The van der Waals surface area contributed by atoms with E-state index < -0.39 is 35.4 Å². The van der Waals surface area contributed by atoms with Gasteiger partial charge in [0.15, 0.2) is 0 Å². The molecule has 112 valence electrons. The maximum atomic E-state index is 12.4. The first-order valence-corrected chi connectivity index (χ1v) is 9.10. The van der Waals surface area contributed by atoms with Crippen molar-refractivity contribution in [3.05, 3.63) is 46.5 Å². The van der Waals surface area contributed by atoms with E-state index in [0.717, 1.165) is 24.3 Å². The zero-order valence-corrected chi connectivity index (χ0v) is 12.6. The minimum atomic E-state index is -4.20. The number of sulfonamides is 1. The Hall–Kier alpha value is -1.82. The van der Waals surface area contributed by atoms with Crippen molar-refractivity contribution in [2.45, 2.75) is 13.3 Å². The minimum absolute atomic E-state index is 0.333. The summed E-state index contributed by atoms with van der Waals surface area (Å²) in [6.07, 6.45) is 0. The van der Waals surface area contributed by atoms with Crippen molar-refractivity contribution in [2.24, 2.45) is 5.14 Å². The molecule has 0 aliphatic rings. The topological polar surface area (TPSA) is 137 Å². The quantitative estimate of drug-likeness (QED) is 0.649. The van der Waals surface area contributed by atoms with Crippen molar-refractivity contribution in [2.75, 3.05) is 0 Å². The number of nitrogens with two attached hydrogens (primary N) is 1.